The third-order valence-electron chi connectivity index (χ3n) is 4.04. The van der Waals surface area contributed by atoms with E-state index in [2.05, 4.69) is 9.55 Å². The van der Waals surface area contributed by atoms with Crippen molar-refractivity contribution >= 4 is 17.0 Å². The number of aromatic carboxylic acids is 1. The summed E-state index contributed by atoms with van der Waals surface area (Å²) in [4.78, 5) is 15.5. The van der Waals surface area contributed by atoms with Crippen LogP contribution in [0.4, 0.5) is 0 Å². The van der Waals surface area contributed by atoms with E-state index in [1.165, 1.54) is 38.5 Å². The highest BCUT2D eigenvalue weighted by Gasteiger charge is 2.17. The van der Waals surface area contributed by atoms with Gasteiger partial charge in [-0.1, -0.05) is 25.7 Å². The number of nitrogens with zero attached hydrogens (tertiary/aromatic N) is 2. The van der Waals surface area contributed by atoms with Gasteiger partial charge in [0, 0.05) is 6.04 Å². The Bertz CT molecular complexity index is 595. The van der Waals surface area contributed by atoms with Crippen molar-refractivity contribution in [3.05, 3.63) is 30.1 Å². The first-order valence-corrected chi connectivity index (χ1v) is 6.95. The van der Waals surface area contributed by atoms with Crippen molar-refractivity contribution in [3.8, 4) is 0 Å². The SMILES string of the molecule is O=C(O)c1ccc2ncn(C3CCCCCC3)c2c1. The molecule has 1 aliphatic rings. The minimum Gasteiger partial charge on any atom is -0.478 e. The Labute approximate surface area is 112 Å². The van der Waals surface area contributed by atoms with Gasteiger partial charge in [0.2, 0.25) is 0 Å². The molecule has 1 aliphatic carbocycles. The molecule has 19 heavy (non-hydrogen) atoms. The molecule has 1 aromatic carbocycles. The monoisotopic (exact) mass is 258 g/mol. The van der Waals surface area contributed by atoms with Crippen LogP contribution in [0.15, 0.2) is 24.5 Å². The fourth-order valence-corrected chi connectivity index (χ4v) is 2.99. The number of aromatic nitrogens is 2. The van der Waals surface area contributed by atoms with E-state index in [0.29, 0.717) is 11.6 Å². The summed E-state index contributed by atoms with van der Waals surface area (Å²) in [6.45, 7) is 0. The fraction of sp³-hybridized carbons (Fsp3) is 0.467. The van der Waals surface area contributed by atoms with Crippen LogP contribution < -0.4 is 0 Å². The third kappa shape index (κ3) is 2.35. The molecule has 4 heteroatoms. The first kappa shape index (κ1) is 12.2. The number of hydrogen-bond acceptors (Lipinski definition) is 2. The summed E-state index contributed by atoms with van der Waals surface area (Å²) < 4.78 is 2.17. The Hall–Kier alpha value is -1.84. The molecular formula is C15H18N2O2. The highest BCUT2D eigenvalue weighted by Crippen LogP contribution is 2.30. The van der Waals surface area contributed by atoms with E-state index in [0.717, 1.165) is 11.0 Å². The molecule has 1 aromatic heterocycles. The second kappa shape index (κ2) is 5.03. The third-order valence-corrected chi connectivity index (χ3v) is 4.04. The lowest BCUT2D eigenvalue weighted by atomic mass is 10.1. The van der Waals surface area contributed by atoms with Crippen LogP contribution in [-0.4, -0.2) is 20.6 Å². The van der Waals surface area contributed by atoms with Gasteiger partial charge in [-0.05, 0) is 31.0 Å². The molecule has 0 saturated heterocycles. The van der Waals surface area contributed by atoms with Crippen molar-refractivity contribution in [3.63, 3.8) is 0 Å². The van der Waals surface area contributed by atoms with Crippen LogP contribution in [0, 0.1) is 0 Å². The van der Waals surface area contributed by atoms with Gasteiger partial charge in [-0.3, -0.25) is 0 Å². The van der Waals surface area contributed by atoms with Gasteiger partial charge in [-0.15, -0.1) is 0 Å². The highest BCUT2D eigenvalue weighted by atomic mass is 16.4. The quantitative estimate of drug-likeness (QED) is 0.837. The van der Waals surface area contributed by atoms with E-state index in [9.17, 15) is 4.79 Å². The highest BCUT2D eigenvalue weighted by molar-refractivity contribution is 5.92. The lowest BCUT2D eigenvalue weighted by Gasteiger charge is -2.17. The Morgan fingerprint density at radius 1 is 1.21 bits per heavy atom. The Balaban J connectivity index is 2.02. The molecule has 0 amide bonds. The predicted octanol–water partition coefficient (Wildman–Crippen LogP) is 3.63. The summed E-state index contributed by atoms with van der Waals surface area (Å²) in [5, 5.41) is 9.10. The zero-order valence-corrected chi connectivity index (χ0v) is 10.9. The summed E-state index contributed by atoms with van der Waals surface area (Å²) in [5.74, 6) is -0.879. The topological polar surface area (TPSA) is 55.1 Å². The summed E-state index contributed by atoms with van der Waals surface area (Å²) in [6.07, 6.45) is 9.33. The van der Waals surface area contributed by atoms with E-state index >= 15 is 0 Å². The molecule has 0 bridgehead atoms. The molecule has 0 radical (unpaired) electrons. The van der Waals surface area contributed by atoms with Crippen LogP contribution in [0.25, 0.3) is 11.0 Å². The summed E-state index contributed by atoms with van der Waals surface area (Å²) in [7, 11) is 0. The minimum atomic E-state index is -0.879. The Morgan fingerprint density at radius 2 is 1.95 bits per heavy atom. The van der Waals surface area contributed by atoms with Crippen molar-refractivity contribution < 1.29 is 9.90 Å². The molecule has 4 nitrogen and oxygen atoms in total. The predicted molar refractivity (Wildman–Crippen MR) is 73.4 cm³/mol. The number of rotatable bonds is 2. The number of carboxylic acids is 1. The molecule has 0 atom stereocenters. The molecule has 3 rings (SSSR count). The van der Waals surface area contributed by atoms with Gasteiger partial charge < -0.3 is 9.67 Å². The van der Waals surface area contributed by atoms with Crippen molar-refractivity contribution in [2.24, 2.45) is 0 Å². The van der Waals surface area contributed by atoms with Gasteiger partial charge in [0.15, 0.2) is 0 Å². The molecule has 100 valence electrons. The van der Waals surface area contributed by atoms with Crippen LogP contribution in [0.2, 0.25) is 0 Å². The summed E-state index contributed by atoms with van der Waals surface area (Å²) in [6, 6.07) is 5.63. The maximum absolute atomic E-state index is 11.1. The number of benzene rings is 1. The molecule has 2 aromatic rings. The standard InChI is InChI=1S/C15H18N2O2/c18-15(19)11-7-8-13-14(9-11)17(10-16-13)12-5-3-1-2-4-6-12/h7-10,12H,1-6H2,(H,18,19). The van der Waals surface area contributed by atoms with Crippen LogP contribution in [-0.2, 0) is 0 Å². The van der Waals surface area contributed by atoms with E-state index in [-0.39, 0.29) is 0 Å². The lowest BCUT2D eigenvalue weighted by Crippen LogP contribution is -2.07. The number of hydrogen-bond donors (Lipinski definition) is 1. The first-order valence-electron chi connectivity index (χ1n) is 6.95. The average molecular weight is 258 g/mol. The molecule has 0 unspecified atom stereocenters. The zero-order chi connectivity index (χ0) is 13.2. The summed E-state index contributed by atoms with van der Waals surface area (Å²) >= 11 is 0. The van der Waals surface area contributed by atoms with Gasteiger partial charge in [-0.25, -0.2) is 9.78 Å². The zero-order valence-electron chi connectivity index (χ0n) is 10.9. The second-order valence-electron chi connectivity index (χ2n) is 5.31. The fourth-order valence-electron chi connectivity index (χ4n) is 2.99. The van der Waals surface area contributed by atoms with Crippen LogP contribution in [0.1, 0.15) is 54.9 Å². The van der Waals surface area contributed by atoms with Crippen molar-refractivity contribution in [2.45, 2.75) is 44.6 Å². The maximum Gasteiger partial charge on any atom is 0.335 e. The van der Waals surface area contributed by atoms with E-state index in [4.69, 9.17) is 5.11 Å². The van der Waals surface area contributed by atoms with Gasteiger partial charge in [0.1, 0.15) is 0 Å². The van der Waals surface area contributed by atoms with Crippen molar-refractivity contribution in [2.75, 3.05) is 0 Å². The smallest absolute Gasteiger partial charge is 0.335 e. The van der Waals surface area contributed by atoms with Crippen LogP contribution in [0.3, 0.4) is 0 Å². The van der Waals surface area contributed by atoms with E-state index < -0.39 is 5.97 Å². The lowest BCUT2D eigenvalue weighted by molar-refractivity contribution is 0.0697. The number of carboxylic acid groups (broad SMARTS) is 1. The minimum absolute atomic E-state index is 0.336. The largest absolute Gasteiger partial charge is 0.478 e. The van der Waals surface area contributed by atoms with Crippen LogP contribution in [0.5, 0.6) is 0 Å². The Kier molecular flexibility index (Phi) is 3.23. The molecular weight excluding hydrogens is 240 g/mol. The van der Waals surface area contributed by atoms with Crippen molar-refractivity contribution in [1.29, 1.82) is 0 Å². The second-order valence-corrected chi connectivity index (χ2v) is 5.31. The average Bonchev–Trinajstić information content (AvgIpc) is 2.64. The molecule has 1 heterocycles. The molecule has 1 fully saturated rings. The molecule has 1 N–H and O–H groups in total. The normalized spacial score (nSPS) is 17.5. The van der Waals surface area contributed by atoms with E-state index in [1.807, 2.05) is 6.33 Å². The molecule has 0 spiro atoms. The van der Waals surface area contributed by atoms with Gasteiger partial charge in [-0.2, -0.15) is 0 Å². The van der Waals surface area contributed by atoms with Gasteiger partial charge in [0.25, 0.3) is 0 Å². The van der Waals surface area contributed by atoms with Gasteiger partial charge >= 0.3 is 5.97 Å². The maximum atomic E-state index is 11.1. The van der Waals surface area contributed by atoms with Crippen molar-refractivity contribution in [1.82, 2.24) is 9.55 Å². The van der Waals surface area contributed by atoms with E-state index in [1.54, 1.807) is 18.2 Å². The Morgan fingerprint density at radius 3 is 2.63 bits per heavy atom. The number of carbonyl (C=O) groups is 1. The number of fused-ring (bicyclic) bond motifs is 1. The van der Waals surface area contributed by atoms with Crippen LogP contribution >= 0.6 is 0 Å². The number of imidazole rings is 1. The summed E-state index contributed by atoms with van der Waals surface area (Å²) in [5.41, 5.74) is 2.17. The van der Waals surface area contributed by atoms with Gasteiger partial charge in [0.05, 0.1) is 22.9 Å². The molecule has 0 aliphatic heterocycles. The molecule has 1 saturated carbocycles. The first-order chi connectivity index (χ1) is 9.25.